The molecular weight excluding hydrogens is 265 g/mol. The third-order valence-corrected chi connectivity index (χ3v) is 2.30. The van der Waals surface area contributed by atoms with Crippen LogP contribution in [0.4, 0.5) is 13.2 Å². The van der Waals surface area contributed by atoms with E-state index in [2.05, 4.69) is 9.72 Å². The topological polar surface area (TPSA) is 63.8 Å². The summed E-state index contributed by atoms with van der Waals surface area (Å²) < 4.78 is 42.2. The van der Waals surface area contributed by atoms with E-state index >= 15 is 0 Å². The Bertz CT molecular complexity index is 634. The number of hydrogen-bond donors (Lipinski definition) is 1. The lowest BCUT2D eigenvalue weighted by Crippen LogP contribution is -2.20. The maximum absolute atomic E-state index is 12.1. The van der Waals surface area contributed by atoms with Gasteiger partial charge in [-0.2, -0.15) is 13.2 Å². The summed E-state index contributed by atoms with van der Waals surface area (Å²) in [6, 6.07) is 1.17. The van der Waals surface area contributed by atoms with E-state index in [4.69, 9.17) is 5.11 Å². The van der Waals surface area contributed by atoms with Crippen molar-refractivity contribution in [1.82, 2.24) is 9.38 Å². The van der Waals surface area contributed by atoms with Gasteiger partial charge in [0.1, 0.15) is 17.0 Å². The van der Waals surface area contributed by atoms with Crippen LogP contribution in [-0.4, -0.2) is 33.2 Å². The van der Waals surface area contributed by atoms with Crippen LogP contribution in [0.1, 0.15) is 16.1 Å². The summed E-state index contributed by atoms with van der Waals surface area (Å²) in [6.45, 7) is 0.132. The molecule has 0 aliphatic rings. The molecule has 0 saturated carbocycles. The van der Waals surface area contributed by atoms with Crippen molar-refractivity contribution in [2.24, 2.45) is 0 Å². The van der Waals surface area contributed by atoms with Crippen LogP contribution in [0.3, 0.4) is 0 Å². The second-order valence-corrected chi connectivity index (χ2v) is 3.91. The number of fused-ring (bicyclic) bond motifs is 1. The van der Waals surface area contributed by atoms with Gasteiger partial charge in [0.05, 0.1) is 5.69 Å². The van der Waals surface area contributed by atoms with Crippen LogP contribution in [0.25, 0.3) is 5.65 Å². The molecule has 0 radical (unpaired) electrons. The normalized spacial score (nSPS) is 11.8. The van der Waals surface area contributed by atoms with Gasteiger partial charge >= 0.3 is 12.1 Å². The molecule has 0 bridgehead atoms. The first-order valence-electron chi connectivity index (χ1n) is 5.18. The van der Waals surface area contributed by atoms with Crippen LogP contribution in [0.15, 0.2) is 18.5 Å². The summed E-state index contributed by atoms with van der Waals surface area (Å²) in [5.74, 6) is -1.73. The van der Waals surface area contributed by atoms with Crippen molar-refractivity contribution in [2.45, 2.75) is 13.1 Å². The number of ether oxygens (including phenoxy) is 1. The number of imidazole rings is 1. The van der Waals surface area contributed by atoms with Crippen LogP contribution in [0.2, 0.25) is 0 Å². The molecule has 0 spiro atoms. The SMILES string of the molecule is Cc1cn2cc(C(=O)O)c(OCC(F)(F)F)cc2n1. The fourth-order valence-electron chi connectivity index (χ4n) is 1.58. The van der Waals surface area contributed by atoms with E-state index in [9.17, 15) is 18.0 Å². The molecule has 0 amide bonds. The van der Waals surface area contributed by atoms with Gasteiger partial charge in [0.25, 0.3) is 0 Å². The molecule has 0 aromatic carbocycles. The summed E-state index contributed by atoms with van der Waals surface area (Å²) in [5, 5.41) is 8.97. The fraction of sp³-hybridized carbons (Fsp3) is 0.273. The highest BCUT2D eigenvalue weighted by Crippen LogP contribution is 2.24. The summed E-state index contributed by atoms with van der Waals surface area (Å²) in [7, 11) is 0. The molecule has 0 atom stereocenters. The predicted molar refractivity (Wildman–Crippen MR) is 58.4 cm³/mol. The van der Waals surface area contributed by atoms with Gasteiger partial charge in [0, 0.05) is 18.5 Å². The lowest BCUT2D eigenvalue weighted by molar-refractivity contribution is -0.153. The quantitative estimate of drug-likeness (QED) is 0.932. The van der Waals surface area contributed by atoms with E-state index in [1.165, 1.54) is 16.7 Å². The number of halogens is 3. The third-order valence-electron chi connectivity index (χ3n) is 2.30. The molecule has 2 aromatic heterocycles. The van der Waals surface area contributed by atoms with Crippen molar-refractivity contribution >= 4 is 11.6 Å². The van der Waals surface area contributed by atoms with Crippen molar-refractivity contribution in [2.75, 3.05) is 6.61 Å². The number of alkyl halides is 3. The van der Waals surface area contributed by atoms with E-state index in [1.54, 1.807) is 13.1 Å². The largest absolute Gasteiger partial charge is 0.483 e. The zero-order chi connectivity index (χ0) is 14.2. The smallest absolute Gasteiger partial charge is 0.422 e. The van der Waals surface area contributed by atoms with Crippen molar-refractivity contribution < 1.29 is 27.8 Å². The highest BCUT2D eigenvalue weighted by atomic mass is 19.4. The lowest BCUT2D eigenvalue weighted by Gasteiger charge is -2.11. The zero-order valence-electron chi connectivity index (χ0n) is 9.73. The Hall–Kier alpha value is -2.25. The second kappa shape index (κ2) is 4.45. The van der Waals surface area contributed by atoms with Gasteiger partial charge in [0.15, 0.2) is 6.61 Å². The highest BCUT2D eigenvalue weighted by molar-refractivity contribution is 5.91. The zero-order valence-corrected chi connectivity index (χ0v) is 9.73. The number of hydrogen-bond acceptors (Lipinski definition) is 3. The Morgan fingerprint density at radius 2 is 2.16 bits per heavy atom. The molecule has 2 aromatic rings. The van der Waals surface area contributed by atoms with Gasteiger partial charge in [-0.25, -0.2) is 9.78 Å². The van der Waals surface area contributed by atoms with Gasteiger partial charge < -0.3 is 14.2 Å². The Labute approximate surface area is 105 Å². The van der Waals surface area contributed by atoms with Gasteiger partial charge in [-0.05, 0) is 6.92 Å². The maximum Gasteiger partial charge on any atom is 0.422 e. The van der Waals surface area contributed by atoms with Crippen LogP contribution >= 0.6 is 0 Å². The van der Waals surface area contributed by atoms with Crippen molar-refractivity contribution in [3.8, 4) is 5.75 Å². The molecule has 0 saturated heterocycles. The first kappa shape index (κ1) is 13.2. The first-order chi connectivity index (χ1) is 8.76. The predicted octanol–water partition coefficient (Wildman–Crippen LogP) is 2.28. The molecule has 5 nitrogen and oxygen atoms in total. The summed E-state index contributed by atoms with van der Waals surface area (Å²) >= 11 is 0. The Kier molecular flexibility index (Phi) is 3.09. The molecule has 0 unspecified atom stereocenters. The number of carboxylic acids is 1. The highest BCUT2D eigenvalue weighted by Gasteiger charge is 2.29. The number of aryl methyl sites for hydroxylation is 1. The Morgan fingerprint density at radius 1 is 1.47 bits per heavy atom. The summed E-state index contributed by atoms with van der Waals surface area (Å²) in [4.78, 5) is 15.0. The third kappa shape index (κ3) is 2.95. The molecule has 102 valence electrons. The standard InChI is InChI=1S/C11H9F3N2O3/c1-6-3-16-4-7(10(17)18)8(2-9(16)15-6)19-5-11(12,13)14/h2-4H,5H2,1H3,(H,17,18). The van der Waals surface area contributed by atoms with E-state index in [-0.39, 0.29) is 11.3 Å². The number of nitrogens with zero attached hydrogens (tertiary/aromatic N) is 2. The van der Waals surface area contributed by atoms with Crippen molar-refractivity contribution in [1.29, 1.82) is 0 Å². The molecule has 0 fully saturated rings. The molecule has 1 N–H and O–H groups in total. The van der Waals surface area contributed by atoms with E-state index in [1.807, 2.05) is 0 Å². The van der Waals surface area contributed by atoms with Crippen LogP contribution in [0.5, 0.6) is 5.75 Å². The number of aromatic nitrogens is 2. The Balaban J connectivity index is 2.44. The van der Waals surface area contributed by atoms with Crippen molar-refractivity contribution in [3.63, 3.8) is 0 Å². The van der Waals surface area contributed by atoms with Gasteiger partial charge in [-0.3, -0.25) is 0 Å². The van der Waals surface area contributed by atoms with Crippen LogP contribution < -0.4 is 4.74 Å². The average Bonchev–Trinajstić information content (AvgIpc) is 2.62. The summed E-state index contributed by atoms with van der Waals surface area (Å²) in [6.07, 6.45) is -1.80. The minimum Gasteiger partial charge on any atom is -0.483 e. The van der Waals surface area contributed by atoms with E-state index in [0.29, 0.717) is 11.3 Å². The number of carbonyl (C=O) groups is 1. The number of rotatable bonds is 3. The molecule has 2 rings (SSSR count). The van der Waals surface area contributed by atoms with Gasteiger partial charge in [-0.1, -0.05) is 0 Å². The first-order valence-corrected chi connectivity index (χ1v) is 5.18. The summed E-state index contributed by atoms with van der Waals surface area (Å²) in [5.41, 5.74) is 0.582. The molecule has 0 aliphatic carbocycles. The van der Waals surface area contributed by atoms with E-state index in [0.717, 1.165) is 0 Å². The number of pyridine rings is 1. The molecule has 19 heavy (non-hydrogen) atoms. The van der Waals surface area contributed by atoms with Crippen molar-refractivity contribution in [3.05, 3.63) is 29.7 Å². The fourth-order valence-corrected chi connectivity index (χ4v) is 1.58. The second-order valence-electron chi connectivity index (χ2n) is 3.91. The molecular formula is C11H9F3N2O3. The minimum absolute atomic E-state index is 0.319. The minimum atomic E-state index is -4.53. The Morgan fingerprint density at radius 3 is 2.74 bits per heavy atom. The van der Waals surface area contributed by atoms with Gasteiger partial charge in [-0.15, -0.1) is 0 Å². The van der Waals surface area contributed by atoms with Gasteiger partial charge in [0.2, 0.25) is 0 Å². The molecule has 0 aliphatic heterocycles. The number of carboxylic acid groups (broad SMARTS) is 1. The maximum atomic E-state index is 12.1. The van der Waals surface area contributed by atoms with E-state index < -0.39 is 18.8 Å². The van der Waals surface area contributed by atoms with Crippen LogP contribution in [0, 0.1) is 6.92 Å². The molecule has 2 heterocycles. The molecule has 8 heteroatoms. The lowest BCUT2D eigenvalue weighted by atomic mass is 10.2. The monoisotopic (exact) mass is 274 g/mol. The number of aromatic carboxylic acids is 1. The average molecular weight is 274 g/mol. The van der Waals surface area contributed by atoms with Crippen LogP contribution in [-0.2, 0) is 0 Å².